The minimum Gasteiger partial charge on any atom is -0.388 e. The van der Waals surface area contributed by atoms with Gasteiger partial charge in [-0.25, -0.2) is 0 Å². The van der Waals surface area contributed by atoms with Gasteiger partial charge < -0.3 is 5.73 Å². The van der Waals surface area contributed by atoms with Gasteiger partial charge in [0.2, 0.25) is 0 Å². The maximum Gasteiger partial charge on any atom is 0.132 e. The highest BCUT2D eigenvalue weighted by Gasteiger charge is 2.09. The van der Waals surface area contributed by atoms with Crippen molar-refractivity contribution >= 4 is 16.5 Å². The molecule has 0 saturated heterocycles. The quantitative estimate of drug-likeness (QED) is 0.764. The molecule has 2 N–H and O–H groups in total. The van der Waals surface area contributed by atoms with E-state index in [1.165, 1.54) is 11.5 Å². The van der Waals surface area contributed by atoms with Crippen LogP contribution in [0.1, 0.15) is 19.5 Å². The predicted octanol–water partition coefficient (Wildman–Crippen LogP) is 0.961. The second-order valence-corrected chi connectivity index (χ2v) is 3.88. The van der Waals surface area contributed by atoms with Crippen LogP contribution in [0.2, 0.25) is 0 Å². The number of nitrogens with zero attached hydrogens (tertiary/aromatic N) is 3. The van der Waals surface area contributed by atoms with Crippen LogP contribution in [-0.2, 0) is 6.54 Å². The van der Waals surface area contributed by atoms with Crippen LogP contribution >= 0.6 is 11.5 Å². The number of nitrogen functional groups attached to an aromatic ring is 1. The molecule has 0 fully saturated rings. The van der Waals surface area contributed by atoms with E-state index >= 15 is 0 Å². The Hall–Kier alpha value is -0.680. The first kappa shape index (κ1) is 9.41. The summed E-state index contributed by atoms with van der Waals surface area (Å²) in [6, 6.07) is 0.506. The van der Waals surface area contributed by atoms with E-state index in [0.29, 0.717) is 6.04 Å². The zero-order chi connectivity index (χ0) is 9.14. The molecular formula is C7H14N4S. The second-order valence-electron chi connectivity index (χ2n) is 3.09. The van der Waals surface area contributed by atoms with E-state index < -0.39 is 0 Å². The standard InChI is InChI=1S/C7H14N4S/c1-5(2)11(3)4-6-7(8)12-10-9-6/h5H,4,8H2,1-3H3. The predicted molar refractivity (Wildman–Crippen MR) is 50.9 cm³/mol. The van der Waals surface area contributed by atoms with Gasteiger partial charge in [0.1, 0.15) is 10.7 Å². The zero-order valence-corrected chi connectivity index (χ0v) is 8.43. The van der Waals surface area contributed by atoms with Crippen LogP contribution in [0.5, 0.6) is 0 Å². The van der Waals surface area contributed by atoms with Gasteiger partial charge in [0.05, 0.1) is 0 Å². The first-order chi connectivity index (χ1) is 5.61. The summed E-state index contributed by atoms with van der Waals surface area (Å²) in [6.07, 6.45) is 0. The van der Waals surface area contributed by atoms with Crippen molar-refractivity contribution in [1.82, 2.24) is 14.5 Å². The average Bonchev–Trinajstić information content (AvgIpc) is 2.36. The third kappa shape index (κ3) is 2.15. The summed E-state index contributed by atoms with van der Waals surface area (Å²) in [6.45, 7) is 5.05. The third-order valence-electron chi connectivity index (χ3n) is 1.87. The number of nitrogens with two attached hydrogens (primary N) is 1. The summed E-state index contributed by atoms with van der Waals surface area (Å²) >= 11 is 1.25. The molecule has 0 saturated carbocycles. The molecule has 4 nitrogen and oxygen atoms in total. The molecule has 0 aliphatic rings. The Kier molecular flexibility index (Phi) is 2.99. The monoisotopic (exact) mass is 186 g/mol. The van der Waals surface area contributed by atoms with Gasteiger partial charge in [-0.15, -0.1) is 5.10 Å². The van der Waals surface area contributed by atoms with Crippen molar-refractivity contribution in [3.63, 3.8) is 0 Å². The van der Waals surface area contributed by atoms with E-state index in [2.05, 4.69) is 28.3 Å². The average molecular weight is 186 g/mol. The highest BCUT2D eigenvalue weighted by molar-refractivity contribution is 7.09. The lowest BCUT2D eigenvalue weighted by atomic mass is 10.3. The number of hydrogen-bond donors (Lipinski definition) is 1. The van der Waals surface area contributed by atoms with Crippen molar-refractivity contribution in [1.29, 1.82) is 0 Å². The Morgan fingerprint density at radius 1 is 1.58 bits per heavy atom. The van der Waals surface area contributed by atoms with Gasteiger partial charge in [-0.1, -0.05) is 4.49 Å². The molecule has 0 aliphatic heterocycles. The SMILES string of the molecule is CC(C)N(C)Cc1nnsc1N. The lowest BCUT2D eigenvalue weighted by molar-refractivity contribution is 0.263. The largest absolute Gasteiger partial charge is 0.388 e. The summed E-state index contributed by atoms with van der Waals surface area (Å²) in [5.41, 5.74) is 6.54. The van der Waals surface area contributed by atoms with E-state index in [1.54, 1.807) is 0 Å². The molecule has 0 spiro atoms. The molecule has 5 heteroatoms. The van der Waals surface area contributed by atoms with Crippen LogP contribution in [-0.4, -0.2) is 27.6 Å². The molecule has 0 radical (unpaired) electrons. The molecule has 1 heterocycles. The molecule has 0 aromatic carbocycles. The van der Waals surface area contributed by atoms with Crippen LogP contribution in [0.4, 0.5) is 5.00 Å². The zero-order valence-electron chi connectivity index (χ0n) is 7.61. The summed E-state index contributed by atoms with van der Waals surface area (Å²) in [4.78, 5) is 2.17. The fourth-order valence-electron chi connectivity index (χ4n) is 0.744. The fourth-order valence-corrected chi connectivity index (χ4v) is 1.18. The molecule has 0 unspecified atom stereocenters. The summed E-state index contributed by atoms with van der Waals surface area (Å²) in [7, 11) is 2.05. The molecule has 0 amide bonds. The fraction of sp³-hybridized carbons (Fsp3) is 0.714. The minimum atomic E-state index is 0.506. The van der Waals surface area contributed by atoms with Crippen molar-refractivity contribution in [2.45, 2.75) is 26.4 Å². The van der Waals surface area contributed by atoms with Gasteiger partial charge in [-0.05, 0) is 20.9 Å². The van der Waals surface area contributed by atoms with E-state index in [4.69, 9.17) is 5.73 Å². The van der Waals surface area contributed by atoms with E-state index in [9.17, 15) is 0 Å². The Bertz CT molecular complexity index is 245. The second kappa shape index (κ2) is 3.82. The Balaban J connectivity index is 2.58. The normalized spacial score (nSPS) is 11.4. The van der Waals surface area contributed by atoms with Gasteiger partial charge in [0, 0.05) is 24.1 Å². The highest BCUT2D eigenvalue weighted by atomic mass is 32.1. The number of hydrogen-bond acceptors (Lipinski definition) is 5. The van der Waals surface area contributed by atoms with Crippen molar-refractivity contribution in [3.05, 3.63) is 5.69 Å². The molecule has 68 valence electrons. The number of aromatic nitrogens is 2. The van der Waals surface area contributed by atoms with Crippen LogP contribution in [0.3, 0.4) is 0 Å². The molecule has 0 aliphatic carbocycles. The molecular weight excluding hydrogens is 172 g/mol. The smallest absolute Gasteiger partial charge is 0.132 e. The topological polar surface area (TPSA) is 55.0 Å². The minimum absolute atomic E-state index is 0.506. The van der Waals surface area contributed by atoms with Crippen LogP contribution in [0.25, 0.3) is 0 Å². The number of anilines is 1. The Morgan fingerprint density at radius 2 is 2.25 bits per heavy atom. The highest BCUT2D eigenvalue weighted by Crippen LogP contribution is 2.14. The third-order valence-corrected chi connectivity index (χ3v) is 2.46. The molecule has 1 aromatic heterocycles. The molecule has 1 rings (SSSR count). The van der Waals surface area contributed by atoms with Crippen LogP contribution in [0, 0.1) is 0 Å². The van der Waals surface area contributed by atoms with E-state index in [1.807, 2.05) is 7.05 Å². The first-order valence-corrected chi connectivity index (χ1v) is 4.65. The van der Waals surface area contributed by atoms with E-state index in [-0.39, 0.29) is 0 Å². The van der Waals surface area contributed by atoms with Crippen molar-refractivity contribution < 1.29 is 0 Å². The Labute approximate surface area is 76.5 Å². The van der Waals surface area contributed by atoms with Gasteiger partial charge in [0.15, 0.2) is 0 Å². The molecule has 12 heavy (non-hydrogen) atoms. The van der Waals surface area contributed by atoms with E-state index in [0.717, 1.165) is 17.2 Å². The van der Waals surface area contributed by atoms with Crippen molar-refractivity contribution in [3.8, 4) is 0 Å². The summed E-state index contributed by atoms with van der Waals surface area (Å²) in [5.74, 6) is 0. The van der Waals surface area contributed by atoms with Gasteiger partial charge in [-0.2, -0.15) is 0 Å². The van der Waals surface area contributed by atoms with Gasteiger partial charge in [-0.3, -0.25) is 4.90 Å². The molecule has 1 aromatic rings. The Morgan fingerprint density at radius 3 is 2.67 bits per heavy atom. The summed E-state index contributed by atoms with van der Waals surface area (Å²) in [5, 5.41) is 4.66. The number of rotatable bonds is 3. The van der Waals surface area contributed by atoms with Crippen LogP contribution < -0.4 is 5.73 Å². The van der Waals surface area contributed by atoms with Crippen molar-refractivity contribution in [2.75, 3.05) is 12.8 Å². The molecule has 0 bridgehead atoms. The maximum absolute atomic E-state index is 5.66. The van der Waals surface area contributed by atoms with Gasteiger partial charge >= 0.3 is 0 Å². The maximum atomic E-state index is 5.66. The van der Waals surface area contributed by atoms with Crippen molar-refractivity contribution in [2.24, 2.45) is 0 Å². The lowest BCUT2D eigenvalue weighted by Gasteiger charge is -2.19. The first-order valence-electron chi connectivity index (χ1n) is 3.88. The van der Waals surface area contributed by atoms with Crippen LogP contribution in [0.15, 0.2) is 0 Å². The molecule has 0 atom stereocenters. The van der Waals surface area contributed by atoms with Gasteiger partial charge in [0.25, 0.3) is 0 Å². The lowest BCUT2D eigenvalue weighted by Crippen LogP contribution is -2.26. The summed E-state index contributed by atoms with van der Waals surface area (Å²) < 4.78 is 3.77.